The van der Waals surface area contributed by atoms with Crippen molar-refractivity contribution in [2.24, 2.45) is 0 Å². The number of rotatable bonds is 7. The van der Waals surface area contributed by atoms with Crippen LogP contribution in [0.25, 0.3) is 0 Å². The third kappa shape index (κ3) is 7.53. The van der Waals surface area contributed by atoms with E-state index in [2.05, 4.69) is 6.58 Å². The smallest absolute Gasteiger partial charge is 0.330 e. The van der Waals surface area contributed by atoms with Gasteiger partial charge in [-0.05, 0) is 26.2 Å². The molecule has 1 atom stereocenters. The second kappa shape index (κ2) is 6.66. The second-order valence-corrected chi connectivity index (χ2v) is 3.36. The Balaban J connectivity index is 3.26. The normalized spacial score (nSPS) is 12.5. The number of aliphatic hydroxyl groups excluding tert-OH is 1. The summed E-state index contributed by atoms with van der Waals surface area (Å²) in [5.41, 5.74) is 0.275. The molecule has 0 fully saturated rings. The van der Waals surface area contributed by atoms with Crippen molar-refractivity contribution < 1.29 is 15.0 Å². The molecule has 0 bridgehead atoms. The highest BCUT2D eigenvalue weighted by Gasteiger charge is 2.02. The first kappa shape index (κ1) is 12.2. The van der Waals surface area contributed by atoms with E-state index in [-0.39, 0.29) is 11.7 Å². The molecule has 0 spiro atoms. The van der Waals surface area contributed by atoms with Crippen molar-refractivity contribution in [2.75, 3.05) is 0 Å². The fraction of sp³-hybridized carbons (Fsp3) is 0.700. The summed E-state index contributed by atoms with van der Waals surface area (Å²) in [7, 11) is 0. The fourth-order valence-electron chi connectivity index (χ4n) is 1.06. The molecule has 1 unspecified atom stereocenters. The predicted octanol–water partition coefficient (Wildman–Crippen LogP) is 1.96. The molecule has 0 radical (unpaired) electrons. The van der Waals surface area contributed by atoms with Crippen molar-refractivity contribution >= 4 is 5.97 Å². The van der Waals surface area contributed by atoms with Crippen LogP contribution in [0.5, 0.6) is 0 Å². The summed E-state index contributed by atoms with van der Waals surface area (Å²) in [6.07, 6.45) is 3.84. The lowest BCUT2D eigenvalue weighted by molar-refractivity contribution is -0.132. The first-order chi connectivity index (χ1) is 6.04. The Bertz CT molecular complexity index is 173. The van der Waals surface area contributed by atoms with Gasteiger partial charge in [-0.15, -0.1) is 0 Å². The van der Waals surface area contributed by atoms with Gasteiger partial charge < -0.3 is 10.2 Å². The monoisotopic (exact) mass is 186 g/mol. The molecule has 0 aliphatic carbocycles. The molecule has 0 rings (SSSR count). The molecule has 0 aliphatic rings. The van der Waals surface area contributed by atoms with Crippen LogP contribution in [0.4, 0.5) is 0 Å². The number of carboxylic acids is 1. The number of hydrogen-bond donors (Lipinski definition) is 2. The maximum absolute atomic E-state index is 10.3. The molecule has 0 aliphatic heterocycles. The number of aliphatic carboxylic acids is 1. The molecule has 2 N–H and O–H groups in total. The fourth-order valence-corrected chi connectivity index (χ4v) is 1.06. The summed E-state index contributed by atoms with van der Waals surface area (Å²) in [5, 5.41) is 17.4. The van der Waals surface area contributed by atoms with Crippen LogP contribution in [0.15, 0.2) is 12.2 Å². The molecular weight excluding hydrogens is 168 g/mol. The van der Waals surface area contributed by atoms with Gasteiger partial charge >= 0.3 is 5.97 Å². The molecule has 0 amide bonds. The van der Waals surface area contributed by atoms with Crippen molar-refractivity contribution in [3.8, 4) is 0 Å². The van der Waals surface area contributed by atoms with E-state index >= 15 is 0 Å². The van der Waals surface area contributed by atoms with Crippen LogP contribution in [0.1, 0.15) is 39.0 Å². The SMILES string of the molecule is C=C(CCCCCC(C)O)C(=O)O. The number of unbranched alkanes of at least 4 members (excludes halogenated alkanes) is 2. The third-order valence-electron chi connectivity index (χ3n) is 1.90. The molecule has 0 aromatic carbocycles. The van der Waals surface area contributed by atoms with Crippen LogP contribution >= 0.6 is 0 Å². The molecule has 0 saturated heterocycles. The van der Waals surface area contributed by atoms with E-state index in [9.17, 15) is 4.79 Å². The highest BCUT2D eigenvalue weighted by Crippen LogP contribution is 2.09. The summed E-state index contributed by atoms with van der Waals surface area (Å²) in [5.74, 6) is -0.907. The minimum absolute atomic E-state index is 0.248. The first-order valence-electron chi connectivity index (χ1n) is 4.63. The molecule has 0 heterocycles. The summed E-state index contributed by atoms with van der Waals surface area (Å²) in [4.78, 5) is 10.3. The number of carboxylic acid groups (broad SMARTS) is 1. The zero-order valence-corrected chi connectivity index (χ0v) is 8.12. The highest BCUT2D eigenvalue weighted by atomic mass is 16.4. The van der Waals surface area contributed by atoms with Crippen molar-refractivity contribution in [1.82, 2.24) is 0 Å². The van der Waals surface area contributed by atoms with E-state index < -0.39 is 5.97 Å². The topological polar surface area (TPSA) is 57.5 Å². The minimum Gasteiger partial charge on any atom is -0.478 e. The maximum atomic E-state index is 10.3. The van der Waals surface area contributed by atoms with Gasteiger partial charge in [-0.1, -0.05) is 19.4 Å². The lowest BCUT2D eigenvalue weighted by atomic mass is 10.1. The molecule has 0 saturated carbocycles. The van der Waals surface area contributed by atoms with Crippen molar-refractivity contribution in [2.45, 2.75) is 45.1 Å². The van der Waals surface area contributed by atoms with Crippen LogP contribution < -0.4 is 0 Å². The van der Waals surface area contributed by atoms with Crippen LogP contribution in [0, 0.1) is 0 Å². The lowest BCUT2D eigenvalue weighted by Gasteiger charge is -2.03. The van der Waals surface area contributed by atoms with E-state index in [1.165, 1.54) is 0 Å². The zero-order chi connectivity index (χ0) is 10.3. The minimum atomic E-state index is -0.907. The van der Waals surface area contributed by atoms with Gasteiger partial charge in [-0.2, -0.15) is 0 Å². The lowest BCUT2D eigenvalue weighted by Crippen LogP contribution is -2.00. The number of aliphatic hydroxyl groups is 1. The van der Waals surface area contributed by atoms with Gasteiger partial charge in [0.05, 0.1) is 6.10 Å². The van der Waals surface area contributed by atoms with Crippen LogP contribution in [0.2, 0.25) is 0 Å². The second-order valence-electron chi connectivity index (χ2n) is 3.36. The van der Waals surface area contributed by atoms with Crippen molar-refractivity contribution in [3.63, 3.8) is 0 Å². The Morgan fingerprint density at radius 1 is 1.38 bits per heavy atom. The largest absolute Gasteiger partial charge is 0.478 e. The van der Waals surface area contributed by atoms with Gasteiger partial charge in [0.1, 0.15) is 0 Å². The van der Waals surface area contributed by atoms with Gasteiger partial charge in [0, 0.05) is 5.57 Å². The summed E-state index contributed by atoms with van der Waals surface area (Å²) < 4.78 is 0. The summed E-state index contributed by atoms with van der Waals surface area (Å²) >= 11 is 0. The first-order valence-corrected chi connectivity index (χ1v) is 4.63. The zero-order valence-electron chi connectivity index (χ0n) is 8.12. The summed E-state index contributed by atoms with van der Waals surface area (Å²) in [6.45, 7) is 5.20. The Kier molecular flexibility index (Phi) is 6.24. The number of hydrogen-bond acceptors (Lipinski definition) is 2. The van der Waals surface area contributed by atoms with E-state index in [0.29, 0.717) is 6.42 Å². The predicted molar refractivity (Wildman–Crippen MR) is 51.5 cm³/mol. The Morgan fingerprint density at radius 2 is 2.00 bits per heavy atom. The summed E-state index contributed by atoms with van der Waals surface area (Å²) in [6, 6.07) is 0. The van der Waals surface area contributed by atoms with E-state index in [1.54, 1.807) is 6.92 Å². The molecule has 13 heavy (non-hydrogen) atoms. The van der Waals surface area contributed by atoms with Gasteiger partial charge in [0.2, 0.25) is 0 Å². The van der Waals surface area contributed by atoms with Gasteiger partial charge in [0.25, 0.3) is 0 Å². The molecule has 0 aromatic heterocycles. The molecular formula is C10H18O3. The van der Waals surface area contributed by atoms with Crippen molar-refractivity contribution in [3.05, 3.63) is 12.2 Å². The van der Waals surface area contributed by atoms with Gasteiger partial charge in [-0.3, -0.25) is 0 Å². The van der Waals surface area contributed by atoms with E-state index in [4.69, 9.17) is 10.2 Å². The van der Waals surface area contributed by atoms with Crippen LogP contribution in [-0.2, 0) is 4.79 Å². The Hall–Kier alpha value is -0.830. The van der Waals surface area contributed by atoms with E-state index in [1.807, 2.05) is 0 Å². The molecule has 3 heteroatoms. The Labute approximate surface area is 79.1 Å². The third-order valence-corrected chi connectivity index (χ3v) is 1.90. The maximum Gasteiger partial charge on any atom is 0.330 e. The molecule has 3 nitrogen and oxygen atoms in total. The molecule has 76 valence electrons. The number of carbonyl (C=O) groups is 1. The van der Waals surface area contributed by atoms with Gasteiger partial charge in [0.15, 0.2) is 0 Å². The Morgan fingerprint density at radius 3 is 2.46 bits per heavy atom. The standard InChI is InChI=1S/C10H18O3/c1-8(10(12)13)6-4-3-5-7-9(2)11/h9,11H,1,3-7H2,2H3,(H,12,13). The van der Waals surface area contributed by atoms with Gasteiger partial charge in [-0.25, -0.2) is 4.79 Å². The van der Waals surface area contributed by atoms with E-state index in [0.717, 1.165) is 25.7 Å². The average molecular weight is 186 g/mol. The van der Waals surface area contributed by atoms with Crippen LogP contribution in [0.3, 0.4) is 0 Å². The highest BCUT2D eigenvalue weighted by molar-refractivity contribution is 5.85. The van der Waals surface area contributed by atoms with Crippen LogP contribution in [-0.4, -0.2) is 22.3 Å². The quantitative estimate of drug-likeness (QED) is 0.472. The molecule has 0 aromatic rings. The average Bonchev–Trinajstić information content (AvgIpc) is 2.02. The van der Waals surface area contributed by atoms with Crippen molar-refractivity contribution in [1.29, 1.82) is 0 Å².